The first-order chi connectivity index (χ1) is 12.6. The number of hydrogen-bond acceptors (Lipinski definition) is 2. The number of nitrogens with one attached hydrogen (secondary N) is 1. The summed E-state index contributed by atoms with van der Waals surface area (Å²) in [5.41, 5.74) is 0. The Morgan fingerprint density at radius 1 is 0.923 bits per heavy atom. The standard InChI is InChI=1S/C23H46N2O/c1-4-5-6-7-8-9-10-11-12-13-14-15-18-23(26)25-19-16-17-22(20-25)24-21(2)3/h21-22,24H,4-20H2,1-3H3. The van der Waals surface area contributed by atoms with Crippen LogP contribution in [0.3, 0.4) is 0 Å². The van der Waals surface area contributed by atoms with Crippen molar-refractivity contribution >= 4 is 5.91 Å². The van der Waals surface area contributed by atoms with Gasteiger partial charge in [0.05, 0.1) is 0 Å². The Morgan fingerprint density at radius 3 is 2.00 bits per heavy atom. The van der Waals surface area contributed by atoms with Crippen LogP contribution in [-0.4, -0.2) is 36.0 Å². The molecule has 1 aliphatic heterocycles. The Balaban J connectivity index is 1.93. The van der Waals surface area contributed by atoms with Crippen LogP contribution < -0.4 is 5.32 Å². The zero-order chi connectivity index (χ0) is 19.0. The van der Waals surface area contributed by atoms with E-state index in [0.717, 1.165) is 32.4 Å². The first-order valence-electron chi connectivity index (χ1n) is 11.7. The number of unbranched alkanes of at least 4 members (excludes halogenated alkanes) is 11. The Bertz CT molecular complexity index is 343. The number of rotatable bonds is 15. The van der Waals surface area contributed by atoms with Gasteiger partial charge in [0.25, 0.3) is 0 Å². The predicted octanol–water partition coefficient (Wildman–Crippen LogP) is 6.07. The van der Waals surface area contributed by atoms with Crippen molar-refractivity contribution in [1.29, 1.82) is 0 Å². The number of piperidine rings is 1. The van der Waals surface area contributed by atoms with Gasteiger partial charge < -0.3 is 10.2 Å². The zero-order valence-electron chi connectivity index (χ0n) is 18.0. The second-order valence-electron chi connectivity index (χ2n) is 8.64. The van der Waals surface area contributed by atoms with Crippen LogP contribution in [0, 0.1) is 0 Å². The molecule has 1 N–H and O–H groups in total. The van der Waals surface area contributed by atoms with Gasteiger partial charge in [-0.05, 0) is 19.3 Å². The normalized spacial score (nSPS) is 17.8. The second-order valence-corrected chi connectivity index (χ2v) is 8.64. The van der Waals surface area contributed by atoms with Crippen molar-refractivity contribution in [3.8, 4) is 0 Å². The van der Waals surface area contributed by atoms with Gasteiger partial charge in [-0.2, -0.15) is 0 Å². The van der Waals surface area contributed by atoms with Crippen LogP contribution in [0.25, 0.3) is 0 Å². The van der Waals surface area contributed by atoms with Gasteiger partial charge in [-0.3, -0.25) is 4.79 Å². The fourth-order valence-electron chi connectivity index (χ4n) is 4.09. The highest BCUT2D eigenvalue weighted by Gasteiger charge is 2.23. The molecular weight excluding hydrogens is 320 g/mol. The number of amides is 1. The van der Waals surface area contributed by atoms with Gasteiger partial charge in [-0.1, -0.05) is 91.4 Å². The van der Waals surface area contributed by atoms with E-state index in [0.29, 0.717) is 18.0 Å². The lowest BCUT2D eigenvalue weighted by Crippen LogP contribution is -2.49. The van der Waals surface area contributed by atoms with E-state index in [1.165, 1.54) is 77.0 Å². The van der Waals surface area contributed by atoms with E-state index in [9.17, 15) is 4.79 Å². The molecule has 3 nitrogen and oxygen atoms in total. The molecule has 1 heterocycles. The predicted molar refractivity (Wildman–Crippen MR) is 114 cm³/mol. The average Bonchev–Trinajstić information content (AvgIpc) is 2.62. The third-order valence-corrected chi connectivity index (χ3v) is 5.59. The van der Waals surface area contributed by atoms with Gasteiger partial charge in [0.1, 0.15) is 0 Å². The van der Waals surface area contributed by atoms with E-state index < -0.39 is 0 Å². The minimum absolute atomic E-state index is 0.382. The first-order valence-corrected chi connectivity index (χ1v) is 11.7. The van der Waals surface area contributed by atoms with Crippen LogP contribution >= 0.6 is 0 Å². The topological polar surface area (TPSA) is 32.3 Å². The van der Waals surface area contributed by atoms with Crippen molar-refractivity contribution in [3.05, 3.63) is 0 Å². The third kappa shape index (κ3) is 11.9. The third-order valence-electron chi connectivity index (χ3n) is 5.59. The Kier molecular flexibility index (Phi) is 14.0. The summed E-state index contributed by atoms with van der Waals surface area (Å²) in [5.74, 6) is 0.382. The Hall–Kier alpha value is -0.570. The van der Waals surface area contributed by atoms with E-state index in [2.05, 4.69) is 31.0 Å². The molecule has 1 atom stereocenters. The molecule has 154 valence electrons. The van der Waals surface area contributed by atoms with E-state index in [1.54, 1.807) is 0 Å². The lowest BCUT2D eigenvalue weighted by molar-refractivity contribution is -0.132. The summed E-state index contributed by atoms with van der Waals surface area (Å²) in [6.45, 7) is 8.53. The fourth-order valence-corrected chi connectivity index (χ4v) is 4.09. The summed E-state index contributed by atoms with van der Waals surface area (Å²) < 4.78 is 0. The Labute approximate surface area is 163 Å². The molecule has 0 aromatic heterocycles. The minimum Gasteiger partial charge on any atom is -0.341 e. The summed E-state index contributed by atoms with van der Waals surface area (Å²) in [6.07, 6.45) is 19.3. The number of likely N-dealkylation sites (tertiary alicyclic amines) is 1. The molecule has 1 saturated heterocycles. The van der Waals surface area contributed by atoms with E-state index in [4.69, 9.17) is 0 Å². The van der Waals surface area contributed by atoms with Crippen molar-refractivity contribution in [2.24, 2.45) is 0 Å². The second kappa shape index (κ2) is 15.5. The minimum atomic E-state index is 0.382. The summed E-state index contributed by atoms with van der Waals surface area (Å²) in [6, 6.07) is 1.00. The van der Waals surface area contributed by atoms with Crippen LogP contribution in [0.2, 0.25) is 0 Å². The van der Waals surface area contributed by atoms with Crippen LogP contribution in [0.4, 0.5) is 0 Å². The highest BCUT2D eigenvalue weighted by atomic mass is 16.2. The highest BCUT2D eigenvalue weighted by molar-refractivity contribution is 5.76. The summed E-state index contributed by atoms with van der Waals surface area (Å²) in [4.78, 5) is 14.5. The van der Waals surface area contributed by atoms with Crippen LogP contribution in [0.1, 0.15) is 117 Å². The van der Waals surface area contributed by atoms with Gasteiger partial charge in [-0.15, -0.1) is 0 Å². The fraction of sp³-hybridized carbons (Fsp3) is 0.957. The van der Waals surface area contributed by atoms with Crippen LogP contribution in [-0.2, 0) is 4.79 Å². The quantitative estimate of drug-likeness (QED) is 0.357. The Morgan fingerprint density at radius 2 is 1.46 bits per heavy atom. The van der Waals surface area contributed by atoms with Crippen LogP contribution in [0.5, 0.6) is 0 Å². The number of nitrogens with zero attached hydrogens (tertiary/aromatic N) is 1. The van der Waals surface area contributed by atoms with Crippen LogP contribution in [0.15, 0.2) is 0 Å². The van der Waals surface area contributed by atoms with Gasteiger partial charge in [0.2, 0.25) is 5.91 Å². The molecule has 3 heteroatoms. The van der Waals surface area contributed by atoms with Crippen molar-refractivity contribution in [2.45, 2.75) is 129 Å². The molecule has 26 heavy (non-hydrogen) atoms. The maximum atomic E-state index is 12.4. The molecule has 0 saturated carbocycles. The molecule has 1 aliphatic rings. The summed E-state index contributed by atoms with van der Waals surface area (Å²) in [5, 5.41) is 3.59. The largest absolute Gasteiger partial charge is 0.341 e. The molecule has 0 aromatic carbocycles. The smallest absolute Gasteiger partial charge is 0.222 e. The van der Waals surface area contributed by atoms with E-state index in [-0.39, 0.29) is 0 Å². The number of carbonyl (C=O) groups is 1. The lowest BCUT2D eigenvalue weighted by Gasteiger charge is -2.34. The molecule has 1 rings (SSSR count). The maximum absolute atomic E-state index is 12.4. The molecule has 0 aliphatic carbocycles. The van der Waals surface area contributed by atoms with Gasteiger partial charge in [0, 0.05) is 31.6 Å². The monoisotopic (exact) mass is 366 g/mol. The van der Waals surface area contributed by atoms with Crippen molar-refractivity contribution in [2.75, 3.05) is 13.1 Å². The van der Waals surface area contributed by atoms with Gasteiger partial charge in [0.15, 0.2) is 0 Å². The summed E-state index contributed by atoms with van der Waals surface area (Å²) in [7, 11) is 0. The lowest BCUT2D eigenvalue weighted by atomic mass is 10.0. The average molecular weight is 367 g/mol. The van der Waals surface area contributed by atoms with Crippen molar-refractivity contribution < 1.29 is 4.79 Å². The molecule has 1 unspecified atom stereocenters. The van der Waals surface area contributed by atoms with Gasteiger partial charge in [-0.25, -0.2) is 0 Å². The van der Waals surface area contributed by atoms with E-state index >= 15 is 0 Å². The molecule has 0 radical (unpaired) electrons. The summed E-state index contributed by atoms with van der Waals surface area (Å²) >= 11 is 0. The molecule has 0 spiro atoms. The molecule has 0 bridgehead atoms. The molecular formula is C23H46N2O. The highest BCUT2D eigenvalue weighted by Crippen LogP contribution is 2.15. The number of carbonyl (C=O) groups excluding carboxylic acids is 1. The molecule has 0 aromatic rings. The van der Waals surface area contributed by atoms with E-state index in [1.807, 2.05) is 0 Å². The first kappa shape index (κ1) is 23.5. The van der Waals surface area contributed by atoms with Crippen molar-refractivity contribution in [1.82, 2.24) is 10.2 Å². The molecule has 1 fully saturated rings. The SMILES string of the molecule is CCCCCCCCCCCCCCC(=O)N1CCCC(NC(C)C)C1. The zero-order valence-corrected chi connectivity index (χ0v) is 18.0. The van der Waals surface area contributed by atoms with Gasteiger partial charge >= 0.3 is 0 Å². The maximum Gasteiger partial charge on any atom is 0.222 e. The number of hydrogen-bond donors (Lipinski definition) is 1. The van der Waals surface area contributed by atoms with Crippen molar-refractivity contribution in [3.63, 3.8) is 0 Å². The molecule has 1 amide bonds.